The smallest absolute Gasteiger partial charge is 0.307 e. The molecule has 1 N–H and O–H groups in total. The van der Waals surface area contributed by atoms with Crippen molar-refractivity contribution in [3.63, 3.8) is 0 Å². The average molecular weight is 232 g/mol. The van der Waals surface area contributed by atoms with Crippen molar-refractivity contribution in [3.05, 3.63) is 23.1 Å². The molecule has 15 heavy (non-hydrogen) atoms. The van der Waals surface area contributed by atoms with Crippen LogP contribution in [0.1, 0.15) is 16.8 Å². The first-order valence-corrected chi connectivity index (χ1v) is 4.61. The number of rotatable bonds is 4. The molecule has 1 rings (SSSR count). The van der Waals surface area contributed by atoms with Gasteiger partial charge in [0.05, 0.1) is 25.4 Å². The lowest BCUT2D eigenvalue weighted by Crippen LogP contribution is -2.26. The molecule has 0 aliphatic carbocycles. The van der Waals surface area contributed by atoms with Crippen LogP contribution >= 0.6 is 11.6 Å². The van der Waals surface area contributed by atoms with Crippen LogP contribution in [0.4, 0.5) is 0 Å². The predicted molar refractivity (Wildman–Crippen MR) is 52.7 cm³/mol. The third kappa shape index (κ3) is 3.28. The Hall–Kier alpha value is -1.49. The highest BCUT2D eigenvalue weighted by atomic mass is 35.5. The molecule has 0 aliphatic heterocycles. The van der Waals surface area contributed by atoms with Crippen molar-refractivity contribution in [2.75, 3.05) is 13.7 Å². The van der Waals surface area contributed by atoms with E-state index in [2.05, 4.69) is 10.1 Å². The number of carbonyl (C=O) groups excluding carboxylic acids is 2. The number of ether oxygens (including phenoxy) is 1. The molecule has 5 nitrogen and oxygen atoms in total. The number of methoxy groups -OCH3 is 1. The minimum atomic E-state index is -0.381. The molecule has 0 bridgehead atoms. The van der Waals surface area contributed by atoms with Gasteiger partial charge in [-0.25, -0.2) is 0 Å². The van der Waals surface area contributed by atoms with E-state index in [0.717, 1.165) is 0 Å². The summed E-state index contributed by atoms with van der Waals surface area (Å²) < 4.78 is 9.16. The Bertz CT molecular complexity index is 361. The highest BCUT2D eigenvalue weighted by molar-refractivity contribution is 6.32. The molecule has 6 heteroatoms. The van der Waals surface area contributed by atoms with Crippen LogP contribution in [0.25, 0.3) is 0 Å². The van der Waals surface area contributed by atoms with Crippen LogP contribution < -0.4 is 5.32 Å². The third-order valence-corrected chi connectivity index (χ3v) is 2.00. The second kappa shape index (κ2) is 5.41. The maximum Gasteiger partial charge on any atom is 0.307 e. The molecule has 0 atom stereocenters. The number of hydrogen-bond acceptors (Lipinski definition) is 4. The molecule has 0 unspecified atom stereocenters. The lowest BCUT2D eigenvalue weighted by atomic mass is 10.3. The van der Waals surface area contributed by atoms with Crippen LogP contribution in [-0.4, -0.2) is 25.5 Å². The van der Waals surface area contributed by atoms with E-state index in [-0.39, 0.29) is 35.6 Å². The normalized spacial score (nSPS) is 9.73. The maximum atomic E-state index is 11.4. The van der Waals surface area contributed by atoms with E-state index in [1.165, 1.54) is 19.4 Å². The monoisotopic (exact) mass is 231 g/mol. The molecule has 1 amide bonds. The largest absolute Gasteiger partial charge is 0.469 e. The van der Waals surface area contributed by atoms with Gasteiger partial charge >= 0.3 is 5.97 Å². The van der Waals surface area contributed by atoms with E-state index in [0.29, 0.717) is 0 Å². The van der Waals surface area contributed by atoms with E-state index in [1.807, 2.05) is 0 Å². The van der Waals surface area contributed by atoms with Gasteiger partial charge in [0.25, 0.3) is 5.91 Å². The first-order valence-electron chi connectivity index (χ1n) is 4.23. The molecule has 82 valence electrons. The van der Waals surface area contributed by atoms with Crippen molar-refractivity contribution in [1.29, 1.82) is 0 Å². The summed E-state index contributed by atoms with van der Waals surface area (Å²) in [5, 5.41) is 2.54. The Labute approximate surface area is 91.3 Å². The van der Waals surface area contributed by atoms with Crippen LogP contribution in [0.5, 0.6) is 0 Å². The third-order valence-electron chi connectivity index (χ3n) is 1.70. The molecule has 1 aromatic heterocycles. The highest BCUT2D eigenvalue weighted by Crippen LogP contribution is 2.15. The van der Waals surface area contributed by atoms with Gasteiger partial charge in [0.1, 0.15) is 0 Å². The minimum Gasteiger partial charge on any atom is -0.469 e. The van der Waals surface area contributed by atoms with Gasteiger partial charge in [0.2, 0.25) is 5.22 Å². The van der Waals surface area contributed by atoms with Crippen molar-refractivity contribution >= 4 is 23.5 Å². The molecule has 0 saturated heterocycles. The van der Waals surface area contributed by atoms with Crippen LogP contribution in [0, 0.1) is 0 Å². The van der Waals surface area contributed by atoms with Gasteiger partial charge in [-0.2, -0.15) is 0 Å². The van der Waals surface area contributed by atoms with Gasteiger partial charge < -0.3 is 14.5 Å². The lowest BCUT2D eigenvalue weighted by molar-refractivity contribution is -0.140. The number of amides is 1. The van der Waals surface area contributed by atoms with Crippen molar-refractivity contribution < 1.29 is 18.7 Å². The van der Waals surface area contributed by atoms with Crippen LogP contribution in [0.2, 0.25) is 5.22 Å². The fourth-order valence-corrected chi connectivity index (χ4v) is 1.13. The Morgan fingerprint density at radius 1 is 1.60 bits per heavy atom. The zero-order valence-electron chi connectivity index (χ0n) is 8.08. The lowest BCUT2D eigenvalue weighted by Gasteiger charge is -2.02. The van der Waals surface area contributed by atoms with Gasteiger partial charge in [-0.15, -0.1) is 0 Å². The Morgan fingerprint density at radius 3 is 2.87 bits per heavy atom. The van der Waals surface area contributed by atoms with Gasteiger partial charge in [0, 0.05) is 6.54 Å². The Balaban J connectivity index is 2.38. The standard InChI is InChI=1S/C9H10ClNO4/c1-14-7(12)2-4-11-9(13)6-3-5-15-8(6)10/h3,5H,2,4H2,1H3,(H,11,13). The van der Waals surface area contributed by atoms with Gasteiger partial charge in [-0.05, 0) is 17.7 Å². The van der Waals surface area contributed by atoms with E-state index in [4.69, 9.17) is 16.0 Å². The second-order valence-corrected chi connectivity index (χ2v) is 3.03. The first-order chi connectivity index (χ1) is 7.15. The van der Waals surface area contributed by atoms with Crippen LogP contribution in [0.15, 0.2) is 16.7 Å². The molecular formula is C9H10ClNO4. The van der Waals surface area contributed by atoms with Crippen molar-refractivity contribution in [1.82, 2.24) is 5.32 Å². The van der Waals surface area contributed by atoms with Crippen molar-refractivity contribution in [3.8, 4) is 0 Å². The topological polar surface area (TPSA) is 68.5 Å². The summed E-state index contributed by atoms with van der Waals surface area (Å²) in [5.41, 5.74) is 0.251. The average Bonchev–Trinajstić information content (AvgIpc) is 2.64. The summed E-state index contributed by atoms with van der Waals surface area (Å²) in [7, 11) is 1.29. The van der Waals surface area contributed by atoms with E-state index < -0.39 is 0 Å². The zero-order chi connectivity index (χ0) is 11.3. The number of halogens is 1. The summed E-state index contributed by atoms with van der Waals surface area (Å²) >= 11 is 5.58. The maximum absolute atomic E-state index is 11.4. The molecule has 0 fully saturated rings. The van der Waals surface area contributed by atoms with E-state index in [1.54, 1.807) is 0 Å². The van der Waals surface area contributed by atoms with Gasteiger partial charge in [-0.3, -0.25) is 9.59 Å². The van der Waals surface area contributed by atoms with Crippen molar-refractivity contribution in [2.24, 2.45) is 0 Å². The molecular weight excluding hydrogens is 222 g/mol. The Morgan fingerprint density at radius 2 is 2.33 bits per heavy atom. The Kier molecular flexibility index (Phi) is 4.17. The summed E-state index contributed by atoms with van der Waals surface area (Å²) in [6.07, 6.45) is 1.44. The summed E-state index contributed by atoms with van der Waals surface area (Å²) in [6.45, 7) is 0.201. The van der Waals surface area contributed by atoms with Gasteiger partial charge in [-0.1, -0.05) is 0 Å². The highest BCUT2D eigenvalue weighted by Gasteiger charge is 2.12. The molecule has 1 aromatic rings. The minimum absolute atomic E-state index is 0.0329. The van der Waals surface area contributed by atoms with E-state index in [9.17, 15) is 9.59 Å². The quantitative estimate of drug-likeness (QED) is 0.792. The van der Waals surface area contributed by atoms with Crippen LogP contribution in [-0.2, 0) is 9.53 Å². The zero-order valence-corrected chi connectivity index (χ0v) is 8.84. The fourth-order valence-electron chi connectivity index (χ4n) is 0.931. The summed E-state index contributed by atoms with van der Waals surface area (Å²) in [4.78, 5) is 22.1. The molecule has 0 spiro atoms. The molecule has 0 aliphatic rings. The van der Waals surface area contributed by atoms with E-state index >= 15 is 0 Å². The number of furan rings is 1. The number of carbonyl (C=O) groups is 2. The molecule has 0 radical (unpaired) electrons. The first kappa shape index (κ1) is 11.6. The number of nitrogens with one attached hydrogen (secondary N) is 1. The summed E-state index contributed by atoms with van der Waals surface area (Å²) in [6, 6.07) is 1.45. The van der Waals surface area contributed by atoms with Crippen LogP contribution in [0.3, 0.4) is 0 Å². The molecule has 0 aromatic carbocycles. The summed E-state index contributed by atoms with van der Waals surface area (Å²) in [5.74, 6) is -0.758. The number of hydrogen-bond donors (Lipinski definition) is 1. The second-order valence-electron chi connectivity index (χ2n) is 2.69. The number of esters is 1. The van der Waals surface area contributed by atoms with Crippen molar-refractivity contribution in [2.45, 2.75) is 6.42 Å². The SMILES string of the molecule is COC(=O)CCNC(=O)c1ccoc1Cl. The van der Waals surface area contributed by atoms with Gasteiger partial charge in [0.15, 0.2) is 0 Å². The fraction of sp³-hybridized carbons (Fsp3) is 0.333. The predicted octanol–water partition coefficient (Wildman–Crippen LogP) is 1.23. The molecule has 1 heterocycles. The molecule has 0 saturated carbocycles.